The van der Waals surface area contributed by atoms with Crippen LogP contribution in [0, 0.1) is 0 Å². The van der Waals surface area contributed by atoms with E-state index in [2.05, 4.69) is 0 Å². The number of alkyl halides is 3. The zero-order valence-electron chi connectivity index (χ0n) is 10.4. The zero-order chi connectivity index (χ0) is 14.1. The first-order chi connectivity index (χ1) is 7.91. The van der Waals surface area contributed by atoms with Crippen LogP contribution in [0.3, 0.4) is 0 Å². The maximum atomic E-state index is 12.1. The van der Waals surface area contributed by atoms with E-state index in [0.29, 0.717) is 6.07 Å². The Kier molecular flexibility index (Phi) is 9.80. The predicted octanol–water partition coefficient (Wildman–Crippen LogP) is 2.44. The first-order valence-electron chi connectivity index (χ1n) is 5.44. The number of halogens is 3. The summed E-state index contributed by atoms with van der Waals surface area (Å²) in [6, 6.07) is 3.90. The minimum absolute atomic E-state index is 0.171. The monoisotopic (exact) mass is 250 g/mol. The van der Waals surface area contributed by atoms with Crippen LogP contribution in [-0.2, 0) is 6.18 Å². The van der Waals surface area contributed by atoms with Gasteiger partial charge in [0.25, 0.3) is 0 Å². The average molecular weight is 250 g/mol. The van der Waals surface area contributed by atoms with E-state index >= 15 is 0 Å². The number of hydrogen-bond donors (Lipinski definition) is 2. The van der Waals surface area contributed by atoms with E-state index in [-0.39, 0.29) is 5.46 Å². The molecule has 0 fully saturated rings. The molecule has 0 aliphatic carbocycles. The third-order valence-electron chi connectivity index (χ3n) is 1.51. The lowest BCUT2D eigenvalue weighted by atomic mass is 9.79. The molecule has 98 valence electrons. The molecule has 1 rings (SSSR count). The minimum Gasteiger partial charge on any atom is -0.423 e. The summed E-state index contributed by atoms with van der Waals surface area (Å²) < 4.78 is 36.2. The lowest BCUT2D eigenvalue weighted by molar-refractivity contribution is -0.137. The summed E-state index contributed by atoms with van der Waals surface area (Å²) >= 11 is 0. The molecule has 0 aliphatic heterocycles. The van der Waals surface area contributed by atoms with E-state index in [1.807, 2.05) is 27.7 Å². The Morgan fingerprint density at radius 3 is 1.82 bits per heavy atom. The van der Waals surface area contributed by atoms with Gasteiger partial charge in [0, 0.05) is 0 Å². The molecule has 0 bridgehead atoms. The van der Waals surface area contributed by atoms with Gasteiger partial charge in [0.05, 0.1) is 5.56 Å². The van der Waals surface area contributed by atoms with E-state index in [1.165, 1.54) is 6.07 Å². The second-order valence-corrected chi connectivity index (χ2v) is 2.50. The summed E-state index contributed by atoms with van der Waals surface area (Å²) in [5.74, 6) is 0. The summed E-state index contributed by atoms with van der Waals surface area (Å²) in [4.78, 5) is 0. The summed E-state index contributed by atoms with van der Waals surface area (Å²) in [7, 11) is -1.87. The van der Waals surface area contributed by atoms with Crippen molar-refractivity contribution in [2.75, 3.05) is 0 Å². The molecule has 0 saturated heterocycles. The fraction of sp³-hybridized carbons (Fsp3) is 0.455. The van der Waals surface area contributed by atoms with E-state index in [0.717, 1.165) is 12.1 Å². The molecule has 0 atom stereocenters. The van der Waals surface area contributed by atoms with Gasteiger partial charge in [-0.15, -0.1) is 0 Å². The Hall–Kier alpha value is -1.01. The third kappa shape index (κ3) is 7.02. The summed E-state index contributed by atoms with van der Waals surface area (Å²) in [5, 5.41) is 17.2. The van der Waals surface area contributed by atoms with Crippen molar-refractivity contribution in [3.63, 3.8) is 0 Å². The van der Waals surface area contributed by atoms with Crippen molar-refractivity contribution in [3.05, 3.63) is 29.8 Å². The molecule has 0 aliphatic rings. The topological polar surface area (TPSA) is 40.5 Å². The molecule has 0 heterocycles. The molecule has 0 unspecified atom stereocenters. The van der Waals surface area contributed by atoms with E-state index in [4.69, 9.17) is 10.0 Å². The molecule has 1 aromatic rings. The number of hydrogen-bond acceptors (Lipinski definition) is 2. The minimum atomic E-state index is -4.45. The van der Waals surface area contributed by atoms with Crippen LogP contribution >= 0.6 is 0 Å². The molecule has 6 heteroatoms. The summed E-state index contributed by atoms with van der Waals surface area (Å²) in [6.07, 6.45) is -4.45. The maximum Gasteiger partial charge on any atom is 0.488 e. The highest BCUT2D eigenvalue weighted by molar-refractivity contribution is 6.58. The van der Waals surface area contributed by atoms with Gasteiger partial charge in [-0.2, -0.15) is 13.2 Å². The number of benzene rings is 1. The Balaban J connectivity index is 0. The molecular weight excluding hydrogens is 232 g/mol. The first kappa shape index (κ1) is 18.4. The van der Waals surface area contributed by atoms with Crippen LogP contribution in [0.2, 0.25) is 0 Å². The lowest BCUT2D eigenvalue weighted by Crippen LogP contribution is -2.30. The maximum absolute atomic E-state index is 12.1. The van der Waals surface area contributed by atoms with Crippen molar-refractivity contribution in [1.82, 2.24) is 0 Å². The van der Waals surface area contributed by atoms with Crippen LogP contribution in [0.1, 0.15) is 33.3 Å². The van der Waals surface area contributed by atoms with Crippen molar-refractivity contribution >= 4 is 12.6 Å². The Morgan fingerprint density at radius 1 is 1.00 bits per heavy atom. The molecule has 1 aromatic carbocycles. The molecule has 0 saturated carbocycles. The van der Waals surface area contributed by atoms with Gasteiger partial charge in [-0.3, -0.25) is 0 Å². The smallest absolute Gasteiger partial charge is 0.423 e. The lowest BCUT2D eigenvalue weighted by Gasteiger charge is -2.07. The fourth-order valence-corrected chi connectivity index (χ4v) is 0.876. The van der Waals surface area contributed by atoms with Crippen LogP contribution in [-0.4, -0.2) is 17.2 Å². The van der Waals surface area contributed by atoms with Gasteiger partial charge >= 0.3 is 13.3 Å². The highest BCUT2D eigenvalue weighted by Gasteiger charge is 2.31. The summed E-state index contributed by atoms with van der Waals surface area (Å²) in [6.45, 7) is 8.00. The standard InChI is InChI=1S/C7H6BF3O2.2C2H6/c9-7(10,11)5-2-1-3-6(4-5)8(12)13;2*1-2/h1-4,12-13H;2*1-2H3. The zero-order valence-corrected chi connectivity index (χ0v) is 10.4. The quantitative estimate of drug-likeness (QED) is 0.751. The SMILES string of the molecule is CC.CC.OB(O)c1cccc(C(F)(F)F)c1. The molecule has 0 amide bonds. The number of rotatable bonds is 1. The Bertz CT molecular complexity index is 301. The van der Waals surface area contributed by atoms with Crippen molar-refractivity contribution in [2.45, 2.75) is 33.9 Å². The van der Waals surface area contributed by atoms with Crippen molar-refractivity contribution in [2.24, 2.45) is 0 Å². The van der Waals surface area contributed by atoms with Crippen LogP contribution in [0.15, 0.2) is 24.3 Å². The molecular formula is C11H18BF3O2. The van der Waals surface area contributed by atoms with E-state index in [1.54, 1.807) is 0 Å². The third-order valence-corrected chi connectivity index (χ3v) is 1.51. The van der Waals surface area contributed by atoms with Crippen molar-refractivity contribution in [1.29, 1.82) is 0 Å². The second-order valence-electron chi connectivity index (χ2n) is 2.50. The van der Waals surface area contributed by atoms with E-state index < -0.39 is 18.9 Å². The molecule has 0 spiro atoms. The molecule has 0 aromatic heterocycles. The summed E-state index contributed by atoms with van der Waals surface area (Å²) in [5.41, 5.74) is -1.06. The fourth-order valence-electron chi connectivity index (χ4n) is 0.876. The Morgan fingerprint density at radius 2 is 1.47 bits per heavy atom. The largest absolute Gasteiger partial charge is 0.488 e. The highest BCUT2D eigenvalue weighted by Crippen LogP contribution is 2.28. The molecule has 0 radical (unpaired) electrons. The van der Waals surface area contributed by atoms with Gasteiger partial charge in [-0.25, -0.2) is 0 Å². The second kappa shape index (κ2) is 9.07. The normalized spacial score (nSPS) is 9.47. The van der Waals surface area contributed by atoms with Gasteiger partial charge in [0.15, 0.2) is 0 Å². The predicted molar refractivity (Wildman–Crippen MR) is 64.0 cm³/mol. The van der Waals surface area contributed by atoms with Crippen molar-refractivity contribution < 1.29 is 23.2 Å². The molecule has 17 heavy (non-hydrogen) atoms. The molecule has 2 N–H and O–H groups in total. The van der Waals surface area contributed by atoms with Gasteiger partial charge in [-0.1, -0.05) is 52.0 Å². The van der Waals surface area contributed by atoms with E-state index in [9.17, 15) is 13.2 Å². The highest BCUT2D eigenvalue weighted by atomic mass is 19.4. The first-order valence-corrected chi connectivity index (χ1v) is 5.44. The van der Waals surface area contributed by atoms with Gasteiger partial charge in [0.1, 0.15) is 0 Å². The van der Waals surface area contributed by atoms with Gasteiger partial charge < -0.3 is 10.0 Å². The average Bonchev–Trinajstić information content (AvgIpc) is 2.33. The van der Waals surface area contributed by atoms with Crippen molar-refractivity contribution in [3.8, 4) is 0 Å². The van der Waals surface area contributed by atoms with Gasteiger partial charge in [0.2, 0.25) is 0 Å². The van der Waals surface area contributed by atoms with Crippen LogP contribution in [0.4, 0.5) is 13.2 Å². The Labute approximate surface area is 100 Å². The van der Waals surface area contributed by atoms with Gasteiger partial charge in [-0.05, 0) is 5.46 Å². The van der Waals surface area contributed by atoms with Crippen LogP contribution < -0.4 is 5.46 Å². The van der Waals surface area contributed by atoms with Crippen LogP contribution in [0.25, 0.3) is 0 Å². The molecule has 2 nitrogen and oxygen atoms in total. The van der Waals surface area contributed by atoms with Crippen LogP contribution in [0.5, 0.6) is 0 Å².